The number of carbonyl (C=O) groups is 1. The van der Waals surface area contributed by atoms with Gasteiger partial charge in [0.2, 0.25) is 5.91 Å². The molecule has 0 aliphatic heterocycles. The van der Waals surface area contributed by atoms with Gasteiger partial charge < -0.3 is 5.32 Å². The molecule has 1 unspecified atom stereocenters. The van der Waals surface area contributed by atoms with Gasteiger partial charge in [0.1, 0.15) is 5.82 Å². The second-order valence-electron chi connectivity index (χ2n) is 6.40. The van der Waals surface area contributed by atoms with Crippen LogP contribution in [-0.4, -0.2) is 10.9 Å². The van der Waals surface area contributed by atoms with Crippen LogP contribution in [-0.2, 0) is 4.79 Å². The maximum Gasteiger partial charge on any atom is 0.244 e. The molecule has 0 bridgehead atoms. The highest BCUT2D eigenvalue weighted by molar-refractivity contribution is 5.92. The number of carbonyl (C=O) groups excluding carboxylic acids is 1. The van der Waals surface area contributed by atoms with Gasteiger partial charge in [-0.05, 0) is 54.8 Å². The van der Waals surface area contributed by atoms with Crippen molar-refractivity contribution in [1.29, 1.82) is 0 Å². The maximum atomic E-state index is 13.6. The van der Waals surface area contributed by atoms with Gasteiger partial charge in [0, 0.05) is 29.6 Å². The second kappa shape index (κ2) is 8.41. The van der Waals surface area contributed by atoms with Gasteiger partial charge in [0.05, 0.1) is 6.04 Å². The quantitative estimate of drug-likeness (QED) is 0.644. The lowest BCUT2D eigenvalue weighted by Crippen LogP contribution is -2.24. The Balaban J connectivity index is 1.72. The second-order valence-corrected chi connectivity index (χ2v) is 6.40. The lowest BCUT2D eigenvalue weighted by Gasteiger charge is -2.15. The van der Waals surface area contributed by atoms with Crippen LogP contribution < -0.4 is 5.32 Å². The molecule has 1 amide bonds. The van der Waals surface area contributed by atoms with Crippen molar-refractivity contribution in [2.75, 3.05) is 0 Å². The number of nitrogens with one attached hydrogen (secondary N) is 1. The summed E-state index contributed by atoms with van der Waals surface area (Å²) in [5.74, 6) is -0.622. The van der Waals surface area contributed by atoms with E-state index in [-0.39, 0.29) is 17.8 Å². The summed E-state index contributed by atoms with van der Waals surface area (Å²) in [6.45, 7) is 3.96. The van der Waals surface area contributed by atoms with E-state index in [1.165, 1.54) is 18.2 Å². The summed E-state index contributed by atoms with van der Waals surface area (Å²) in [5, 5.41) is 2.92. The van der Waals surface area contributed by atoms with Crippen molar-refractivity contribution in [3.63, 3.8) is 0 Å². The van der Waals surface area contributed by atoms with E-state index in [1.54, 1.807) is 24.4 Å². The average molecular weight is 360 g/mol. The van der Waals surface area contributed by atoms with E-state index < -0.39 is 0 Å². The smallest absolute Gasteiger partial charge is 0.244 e. The van der Waals surface area contributed by atoms with Crippen molar-refractivity contribution < 1.29 is 9.18 Å². The first-order chi connectivity index (χ1) is 13.0. The minimum absolute atomic E-state index is 0.181. The first kappa shape index (κ1) is 18.5. The Morgan fingerprint density at radius 2 is 1.96 bits per heavy atom. The highest BCUT2D eigenvalue weighted by atomic mass is 19.1. The summed E-state index contributed by atoms with van der Waals surface area (Å²) >= 11 is 0. The van der Waals surface area contributed by atoms with E-state index in [2.05, 4.69) is 16.4 Å². The molecule has 2 aromatic carbocycles. The molecule has 3 aromatic rings. The van der Waals surface area contributed by atoms with Crippen LogP contribution in [0.1, 0.15) is 29.7 Å². The zero-order valence-electron chi connectivity index (χ0n) is 15.3. The molecule has 27 heavy (non-hydrogen) atoms. The Morgan fingerprint density at radius 1 is 1.15 bits per heavy atom. The third-order valence-electron chi connectivity index (χ3n) is 4.41. The minimum Gasteiger partial charge on any atom is -0.346 e. The van der Waals surface area contributed by atoms with Gasteiger partial charge in [-0.1, -0.05) is 36.4 Å². The molecule has 136 valence electrons. The molecule has 1 N–H and O–H groups in total. The molecule has 0 aliphatic carbocycles. The molecule has 1 heterocycles. The molecule has 1 aromatic heterocycles. The molecular formula is C23H21FN2O. The molecule has 0 saturated carbocycles. The summed E-state index contributed by atoms with van der Waals surface area (Å²) in [6.07, 6.45) is 6.44. The van der Waals surface area contributed by atoms with Gasteiger partial charge in [0.25, 0.3) is 0 Å². The monoisotopic (exact) mass is 360 g/mol. The van der Waals surface area contributed by atoms with E-state index in [0.29, 0.717) is 5.56 Å². The standard InChI is InChI=1S/C23H21FN2O/c1-16-12-13-25-15-21(16)20-8-5-7-19(14-20)17(2)26-23(27)11-10-18-6-3-4-9-22(18)24/h3-15,17H,1-2H3,(H,26,27). The Labute approximate surface area is 158 Å². The van der Waals surface area contributed by atoms with Gasteiger partial charge in [0.15, 0.2) is 0 Å². The number of rotatable bonds is 5. The van der Waals surface area contributed by atoms with Crippen molar-refractivity contribution >= 4 is 12.0 Å². The summed E-state index contributed by atoms with van der Waals surface area (Å²) in [4.78, 5) is 16.4. The van der Waals surface area contributed by atoms with Crippen LogP contribution in [0.5, 0.6) is 0 Å². The molecule has 0 aliphatic rings. The molecule has 3 nitrogen and oxygen atoms in total. The van der Waals surface area contributed by atoms with Crippen molar-refractivity contribution in [3.05, 3.63) is 95.6 Å². The zero-order chi connectivity index (χ0) is 19.2. The SMILES string of the molecule is Cc1ccncc1-c1cccc(C(C)NC(=O)C=Cc2ccccc2F)c1. The van der Waals surface area contributed by atoms with Crippen molar-refractivity contribution in [2.24, 2.45) is 0 Å². The van der Waals surface area contributed by atoms with Crippen LogP contribution in [0.3, 0.4) is 0 Å². The fraction of sp³-hybridized carbons (Fsp3) is 0.130. The average Bonchev–Trinajstić information content (AvgIpc) is 2.68. The van der Waals surface area contributed by atoms with Crippen LogP contribution in [0.15, 0.2) is 73.1 Å². The van der Waals surface area contributed by atoms with Gasteiger partial charge in [-0.2, -0.15) is 0 Å². The molecule has 3 rings (SSSR count). The number of aromatic nitrogens is 1. The first-order valence-electron chi connectivity index (χ1n) is 8.78. The van der Waals surface area contributed by atoms with Gasteiger partial charge >= 0.3 is 0 Å². The van der Waals surface area contributed by atoms with E-state index >= 15 is 0 Å². The number of hydrogen-bond acceptors (Lipinski definition) is 2. The normalized spacial score (nSPS) is 12.1. The third-order valence-corrected chi connectivity index (χ3v) is 4.41. The Bertz CT molecular complexity index is 981. The molecule has 0 fully saturated rings. The van der Waals surface area contributed by atoms with Crippen LogP contribution in [0, 0.1) is 12.7 Å². The lowest BCUT2D eigenvalue weighted by atomic mass is 9.98. The molecule has 0 radical (unpaired) electrons. The fourth-order valence-corrected chi connectivity index (χ4v) is 2.86. The largest absolute Gasteiger partial charge is 0.346 e. The Hall–Kier alpha value is -3.27. The summed E-state index contributed by atoms with van der Waals surface area (Å²) in [7, 11) is 0. The van der Waals surface area contributed by atoms with Gasteiger partial charge in [-0.3, -0.25) is 9.78 Å². The molecule has 0 spiro atoms. The first-order valence-corrected chi connectivity index (χ1v) is 8.78. The van der Waals surface area contributed by atoms with Crippen LogP contribution in [0.4, 0.5) is 4.39 Å². The fourth-order valence-electron chi connectivity index (χ4n) is 2.86. The van der Waals surface area contributed by atoms with Crippen molar-refractivity contribution in [2.45, 2.75) is 19.9 Å². The Morgan fingerprint density at radius 3 is 2.74 bits per heavy atom. The lowest BCUT2D eigenvalue weighted by molar-refractivity contribution is -0.117. The number of aryl methyl sites for hydroxylation is 1. The zero-order valence-corrected chi connectivity index (χ0v) is 15.3. The number of halogens is 1. The Kier molecular flexibility index (Phi) is 5.77. The molecule has 1 atom stereocenters. The van der Waals surface area contributed by atoms with E-state index in [1.807, 2.05) is 44.3 Å². The van der Waals surface area contributed by atoms with Crippen LogP contribution in [0.2, 0.25) is 0 Å². The van der Waals surface area contributed by atoms with Gasteiger partial charge in [-0.15, -0.1) is 0 Å². The maximum absolute atomic E-state index is 13.6. The van der Waals surface area contributed by atoms with Crippen molar-refractivity contribution in [1.82, 2.24) is 10.3 Å². The number of pyridine rings is 1. The predicted octanol–water partition coefficient (Wildman–Crippen LogP) is 5.09. The topological polar surface area (TPSA) is 42.0 Å². The van der Waals surface area contributed by atoms with E-state index in [9.17, 15) is 9.18 Å². The molecule has 4 heteroatoms. The van der Waals surface area contributed by atoms with E-state index in [4.69, 9.17) is 0 Å². The summed E-state index contributed by atoms with van der Waals surface area (Å²) < 4.78 is 13.6. The predicted molar refractivity (Wildman–Crippen MR) is 106 cm³/mol. The van der Waals surface area contributed by atoms with Crippen molar-refractivity contribution in [3.8, 4) is 11.1 Å². The van der Waals surface area contributed by atoms with Crippen LogP contribution >= 0.6 is 0 Å². The van der Waals surface area contributed by atoms with Crippen LogP contribution in [0.25, 0.3) is 17.2 Å². The minimum atomic E-state index is -0.353. The third kappa shape index (κ3) is 4.67. The highest BCUT2D eigenvalue weighted by Crippen LogP contribution is 2.25. The van der Waals surface area contributed by atoms with E-state index in [0.717, 1.165) is 22.3 Å². The van der Waals surface area contributed by atoms with Gasteiger partial charge in [-0.25, -0.2) is 4.39 Å². The number of benzene rings is 2. The molecular weight excluding hydrogens is 339 g/mol. The number of hydrogen-bond donors (Lipinski definition) is 1. The summed E-state index contributed by atoms with van der Waals surface area (Å²) in [6, 6.07) is 16.2. The summed E-state index contributed by atoms with van der Waals surface area (Å²) in [5.41, 5.74) is 4.64. The number of amides is 1. The highest BCUT2D eigenvalue weighted by Gasteiger charge is 2.10. The number of nitrogens with zero attached hydrogens (tertiary/aromatic N) is 1. The molecule has 0 saturated heterocycles.